The van der Waals surface area contributed by atoms with E-state index in [4.69, 9.17) is 4.74 Å². The fourth-order valence-electron chi connectivity index (χ4n) is 1.81. The van der Waals surface area contributed by atoms with E-state index in [0.29, 0.717) is 5.88 Å². The predicted octanol–water partition coefficient (Wildman–Crippen LogP) is 2.55. The lowest BCUT2D eigenvalue weighted by atomic mass is 10.1. The van der Waals surface area contributed by atoms with Crippen LogP contribution in [0.1, 0.15) is 29.1 Å². The topological polar surface area (TPSA) is 47.0 Å². The molecule has 4 nitrogen and oxygen atoms in total. The second-order valence-corrected chi connectivity index (χ2v) is 4.91. The Balaban J connectivity index is 2.32. The molecule has 5 heteroatoms. The molecule has 1 atom stereocenters. The molecule has 96 valence electrons. The van der Waals surface area contributed by atoms with Gasteiger partial charge in [0.05, 0.1) is 18.8 Å². The molecule has 0 saturated carbocycles. The van der Waals surface area contributed by atoms with Crippen LogP contribution in [-0.2, 0) is 0 Å². The van der Waals surface area contributed by atoms with Gasteiger partial charge in [0.2, 0.25) is 5.88 Å². The van der Waals surface area contributed by atoms with E-state index in [1.807, 2.05) is 12.1 Å². The molecule has 0 radical (unpaired) electrons. The predicted molar refractivity (Wildman–Crippen MR) is 73.2 cm³/mol. The summed E-state index contributed by atoms with van der Waals surface area (Å²) in [7, 11) is 1.59. The van der Waals surface area contributed by atoms with E-state index in [9.17, 15) is 0 Å². The first-order chi connectivity index (χ1) is 8.76. The molecule has 1 N–H and O–H groups in total. The largest absolute Gasteiger partial charge is 0.480 e. The molecule has 0 amide bonds. The van der Waals surface area contributed by atoms with Crippen LogP contribution in [0.4, 0.5) is 0 Å². The van der Waals surface area contributed by atoms with Crippen molar-refractivity contribution >= 4 is 11.3 Å². The van der Waals surface area contributed by atoms with E-state index < -0.39 is 0 Å². The molecule has 2 aromatic heterocycles. The van der Waals surface area contributed by atoms with Crippen LogP contribution in [0.25, 0.3) is 0 Å². The molecule has 0 saturated heterocycles. The number of nitrogens with one attached hydrogen (secondary N) is 1. The summed E-state index contributed by atoms with van der Waals surface area (Å²) in [6.45, 7) is 5.09. The summed E-state index contributed by atoms with van der Waals surface area (Å²) in [5, 5.41) is 13.8. The maximum atomic E-state index is 5.03. The maximum Gasteiger partial charge on any atom is 0.233 e. The number of hydrogen-bond acceptors (Lipinski definition) is 5. The zero-order valence-corrected chi connectivity index (χ0v) is 11.6. The van der Waals surface area contributed by atoms with Crippen molar-refractivity contribution in [3.05, 3.63) is 39.7 Å². The maximum absolute atomic E-state index is 5.03. The van der Waals surface area contributed by atoms with E-state index in [0.717, 1.165) is 12.2 Å². The molecule has 0 aliphatic heterocycles. The molecule has 0 bridgehead atoms. The van der Waals surface area contributed by atoms with Gasteiger partial charge < -0.3 is 10.1 Å². The van der Waals surface area contributed by atoms with Crippen molar-refractivity contribution in [1.29, 1.82) is 0 Å². The van der Waals surface area contributed by atoms with Crippen LogP contribution >= 0.6 is 11.3 Å². The summed E-state index contributed by atoms with van der Waals surface area (Å²) in [5.41, 5.74) is 2.20. The fraction of sp³-hybridized carbons (Fsp3) is 0.385. The fourth-order valence-corrected chi connectivity index (χ4v) is 2.82. The minimum Gasteiger partial charge on any atom is -0.480 e. The van der Waals surface area contributed by atoms with Crippen LogP contribution < -0.4 is 10.1 Å². The molecule has 0 spiro atoms. The SMILES string of the molecule is CCNC(c1ccc(OC)nn1)c1sccc1C. The molecular weight excluding hydrogens is 246 g/mol. The summed E-state index contributed by atoms with van der Waals surface area (Å²) in [4.78, 5) is 1.29. The Labute approximate surface area is 111 Å². The van der Waals surface area contributed by atoms with E-state index >= 15 is 0 Å². The zero-order valence-electron chi connectivity index (χ0n) is 10.8. The second-order valence-electron chi connectivity index (χ2n) is 3.96. The monoisotopic (exact) mass is 263 g/mol. The number of aryl methyl sites for hydroxylation is 1. The van der Waals surface area contributed by atoms with Gasteiger partial charge in [-0.2, -0.15) is 0 Å². The Morgan fingerprint density at radius 3 is 2.67 bits per heavy atom. The van der Waals surface area contributed by atoms with Gasteiger partial charge >= 0.3 is 0 Å². The first-order valence-corrected chi connectivity index (χ1v) is 6.79. The Morgan fingerprint density at radius 2 is 2.17 bits per heavy atom. The number of thiophene rings is 1. The van der Waals surface area contributed by atoms with E-state index in [2.05, 4.69) is 40.8 Å². The van der Waals surface area contributed by atoms with Gasteiger partial charge in [0.1, 0.15) is 0 Å². The summed E-state index contributed by atoms with van der Waals surface area (Å²) >= 11 is 1.74. The Bertz CT molecular complexity index is 495. The molecule has 2 aromatic rings. The lowest BCUT2D eigenvalue weighted by molar-refractivity contribution is 0.390. The first-order valence-electron chi connectivity index (χ1n) is 5.91. The van der Waals surface area contributed by atoms with Gasteiger partial charge in [-0.1, -0.05) is 6.92 Å². The van der Waals surface area contributed by atoms with Crippen LogP contribution in [-0.4, -0.2) is 23.9 Å². The van der Waals surface area contributed by atoms with Crippen molar-refractivity contribution in [3.8, 4) is 5.88 Å². The van der Waals surface area contributed by atoms with Gasteiger partial charge in [-0.15, -0.1) is 21.5 Å². The summed E-state index contributed by atoms with van der Waals surface area (Å²) in [6.07, 6.45) is 0. The minimum absolute atomic E-state index is 0.105. The van der Waals surface area contributed by atoms with Crippen molar-refractivity contribution in [2.75, 3.05) is 13.7 Å². The van der Waals surface area contributed by atoms with Crippen molar-refractivity contribution < 1.29 is 4.74 Å². The van der Waals surface area contributed by atoms with Crippen LogP contribution in [0.5, 0.6) is 5.88 Å². The number of ether oxygens (including phenoxy) is 1. The molecule has 0 aliphatic carbocycles. The molecule has 18 heavy (non-hydrogen) atoms. The molecule has 0 fully saturated rings. The Kier molecular flexibility index (Phi) is 4.28. The number of hydrogen-bond donors (Lipinski definition) is 1. The van der Waals surface area contributed by atoms with Crippen molar-refractivity contribution in [3.63, 3.8) is 0 Å². The normalized spacial score (nSPS) is 12.4. The van der Waals surface area contributed by atoms with Gasteiger partial charge in [0.15, 0.2) is 0 Å². The number of methoxy groups -OCH3 is 1. The van der Waals surface area contributed by atoms with Gasteiger partial charge in [-0.3, -0.25) is 0 Å². The van der Waals surface area contributed by atoms with Gasteiger partial charge in [0, 0.05) is 10.9 Å². The lowest BCUT2D eigenvalue weighted by Crippen LogP contribution is -2.23. The summed E-state index contributed by atoms with van der Waals surface area (Å²) < 4.78 is 5.03. The van der Waals surface area contributed by atoms with E-state index in [-0.39, 0.29) is 6.04 Å². The quantitative estimate of drug-likeness (QED) is 0.900. The van der Waals surface area contributed by atoms with Gasteiger partial charge in [-0.25, -0.2) is 0 Å². The van der Waals surface area contributed by atoms with E-state index in [1.54, 1.807) is 18.4 Å². The Morgan fingerprint density at radius 1 is 1.33 bits per heavy atom. The highest BCUT2D eigenvalue weighted by Crippen LogP contribution is 2.28. The number of rotatable bonds is 5. The highest BCUT2D eigenvalue weighted by atomic mass is 32.1. The smallest absolute Gasteiger partial charge is 0.233 e. The van der Waals surface area contributed by atoms with E-state index in [1.165, 1.54) is 10.4 Å². The van der Waals surface area contributed by atoms with Crippen LogP contribution in [0.2, 0.25) is 0 Å². The Hall–Kier alpha value is -1.46. The summed E-state index contributed by atoms with van der Waals surface area (Å²) in [6, 6.07) is 6.03. The average Bonchev–Trinajstić information content (AvgIpc) is 2.82. The third-order valence-electron chi connectivity index (χ3n) is 2.74. The molecular formula is C13H17N3OS. The lowest BCUT2D eigenvalue weighted by Gasteiger charge is -2.16. The standard InChI is InChI=1S/C13H17N3OS/c1-4-14-12(13-9(2)7-8-18-13)10-5-6-11(17-3)16-15-10/h5-8,12,14H,4H2,1-3H3. The molecule has 0 aliphatic rings. The highest BCUT2D eigenvalue weighted by molar-refractivity contribution is 7.10. The number of nitrogens with zero attached hydrogens (tertiary/aromatic N) is 2. The third kappa shape index (κ3) is 2.68. The number of aromatic nitrogens is 2. The van der Waals surface area contributed by atoms with Gasteiger partial charge in [-0.05, 0) is 36.5 Å². The molecule has 1 unspecified atom stereocenters. The summed E-state index contributed by atoms with van der Waals surface area (Å²) in [5.74, 6) is 0.539. The second kappa shape index (κ2) is 5.93. The zero-order chi connectivity index (χ0) is 13.0. The molecule has 2 heterocycles. The molecule has 0 aromatic carbocycles. The average molecular weight is 263 g/mol. The van der Waals surface area contributed by atoms with Crippen LogP contribution in [0, 0.1) is 6.92 Å². The first kappa shape index (κ1) is 13.0. The highest BCUT2D eigenvalue weighted by Gasteiger charge is 2.18. The van der Waals surface area contributed by atoms with Crippen molar-refractivity contribution in [2.45, 2.75) is 19.9 Å². The third-order valence-corrected chi connectivity index (χ3v) is 3.82. The van der Waals surface area contributed by atoms with Crippen molar-refractivity contribution in [1.82, 2.24) is 15.5 Å². The van der Waals surface area contributed by atoms with Crippen molar-refractivity contribution in [2.24, 2.45) is 0 Å². The molecule has 2 rings (SSSR count). The van der Waals surface area contributed by atoms with Crippen LogP contribution in [0.3, 0.4) is 0 Å². The minimum atomic E-state index is 0.105. The van der Waals surface area contributed by atoms with Gasteiger partial charge in [0.25, 0.3) is 0 Å². The van der Waals surface area contributed by atoms with Crippen LogP contribution in [0.15, 0.2) is 23.6 Å².